The number of nitrogens with two attached hydrogens (primary N) is 2. The minimum Gasteiger partial charge on any atom is -0.395 e. The number of hydrogen-bond acceptors (Lipinski definition) is 3. The van der Waals surface area contributed by atoms with Crippen molar-refractivity contribution in [1.29, 1.82) is 0 Å². The molecule has 0 fully saturated rings. The maximum atomic E-state index is 8.61. The molecule has 0 amide bonds. The summed E-state index contributed by atoms with van der Waals surface area (Å²) in [5.41, 5.74) is 11.1. The molecule has 3 nitrogen and oxygen atoms in total. The van der Waals surface area contributed by atoms with Crippen molar-refractivity contribution in [3.05, 3.63) is 0 Å². The van der Waals surface area contributed by atoms with Crippen molar-refractivity contribution in [2.24, 2.45) is 17.4 Å². The van der Waals surface area contributed by atoms with Crippen molar-refractivity contribution in [1.82, 2.24) is 0 Å². The van der Waals surface area contributed by atoms with Gasteiger partial charge in [-0.3, -0.25) is 0 Å². The van der Waals surface area contributed by atoms with Crippen molar-refractivity contribution in [2.45, 2.75) is 32.4 Å². The van der Waals surface area contributed by atoms with Gasteiger partial charge in [0.25, 0.3) is 0 Å². The molecular weight excluding hydrogens is 128 g/mol. The summed E-state index contributed by atoms with van der Waals surface area (Å²) in [5, 5.41) is 8.61. The van der Waals surface area contributed by atoms with Gasteiger partial charge < -0.3 is 16.6 Å². The topological polar surface area (TPSA) is 72.3 Å². The molecule has 0 radical (unpaired) electrons. The molecule has 0 saturated carbocycles. The third-order valence-corrected chi connectivity index (χ3v) is 1.50. The van der Waals surface area contributed by atoms with Crippen LogP contribution in [-0.4, -0.2) is 23.8 Å². The second-order valence-corrected chi connectivity index (χ2v) is 3.14. The van der Waals surface area contributed by atoms with E-state index in [1.807, 2.05) is 0 Å². The van der Waals surface area contributed by atoms with Crippen molar-refractivity contribution < 1.29 is 5.11 Å². The average Bonchev–Trinajstić information content (AvgIpc) is 1.85. The van der Waals surface area contributed by atoms with Crippen molar-refractivity contribution in [3.8, 4) is 0 Å². The van der Waals surface area contributed by atoms with Crippen molar-refractivity contribution in [3.63, 3.8) is 0 Å². The molecule has 0 aliphatic carbocycles. The van der Waals surface area contributed by atoms with Gasteiger partial charge in [-0.25, -0.2) is 0 Å². The van der Waals surface area contributed by atoms with E-state index in [0.717, 1.165) is 6.42 Å². The van der Waals surface area contributed by atoms with Crippen LogP contribution in [0.5, 0.6) is 0 Å². The van der Waals surface area contributed by atoms with Gasteiger partial charge in [-0.1, -0.05) is 13.8 Å². The summed E-state index contributed by atoms with van der Waals surface area (Å²) in [6.07, 6.45) is 0.877. The Hall–Kier alpha value is -0.120. The van der Waals surface area contributed by atoms with Crippen molar-refractivity contribution in [2.75, 3.05) is 6.61 Å². The first-order valence-corrected chi connectivity index (χ1v) is 3.70. The van der Waals surface area contributed by atoms with Crippen molar-refractivity contribution >= 4 is 0 Å². The largest absolute Gasteiger partial charge is 0.395 e. The van der Waals surface area contributed by atoms with Crippen LogP contribution < -0.4 is 11.5 Å². The van der Waals surface area contributed by atoms with E-state index in [1.54, 1.807) is 0 Å². The summed E-state index contributed by atoms with van der Waals surface area (Å²) < 4.78 is 0. The van der Waals surface area contributed by atoms with Crippen LogP contribution in [0.1, 0.15) is 20.3 Å². The molecule has 3 heteroatoms. The smallest absolute Gasteiger partial charge is 0.0597 e. The lowest BCUT2D eigenvalue weighted by Gasteiger charge is -2.18. The molecule has 0 spiro atoms. The third-order valence-electron chi connectivity index (χ3n) is 1.50. The second kappa shape index (κ2) is 4.66. The molecule has 0 rings (SSSR count). The van der Waals surface area contributed by atoms with Gasteiger partial charge in [0.2, 0.25) is 0 Å². The lowest BCUT2D eigenvalue weighted by Crippen LogP contribution is -2.44. The van der Waals surface area contributed by atoms with Crippen LogP contribution in [0.2, 0.25) is 0 Å². The van der Waals surface area contributed by atoms with Gasteiger partial charge in [0, 0.05) is 12.1 Å². The van der Waals surface area contributed by atoms with Crippen LogP contribution in [0.25, 0.3) is 0 Å². The summed E-state index contributed by atoms with van der Waals surface area (Å²) in [6.45, 7) is 4.15. The Morgan fingerprint density at radius 1 is 1.20 bits per heavy atom. The summed E-state index contributed by atoms with van der Waals surface area (Å²) >= 11 is 0. The zero-order valence-electron chi connectivity index (χ0n) is 6.75. The van der Waals surface area contributed by atoms with E-state index in [0.29, 0.717) is 5.92 Å². The van der Waals surface area contributed by atoms with Gasteiger partial charge in [0.05, 0.1) is 6.61 Å². The van der Waals surface area contributed by atoms with Gasteiger partial charge in [-0.05, 0) is 12.3 Å². The summed E-state index contributed by atoms with van der Waals surface area (Å²) in [4.78, 5) is 0. The molecule has 62 valence electrons. The molecule has 0 saturated heterocycles. The number of aliphatic hydroxyl groups is 1. The number of aliphatic hydroxyl groups excluding tert-OH is 1. The summed E-state index contributed by atoms with van der Waals surface area (Å²) in [7, 11) is 0. The molecule has 0 heterocycles. The molecular formula is C7H18N2O. The molecule has 2 atom stereocenters. The Morgan fingerprint density at radius 3 is 2.00 bits per heavy atom. The molecule has 0 aliphatic heterocycles. The van der Waals surface area contributed by atoms with Gasteiger partial charge in [-0.2, -0.15) is 0 Å². The van der Waals surface area contributed by atoms with Crippen LogP contribution in [0.15, 0.2) is 0 Å². The van der Waals surface area contributed by atoms with Crippen LogP contribution >= 0.6 is 0 Å². The quantitative estimate of drug-likeness (QED) is 0.509. The minimum atomic E-state index is -0.262. The lowest BCUT2D eigenvalue weighted by atomic mass is 9.99. The summed E-state index contributed by atoms with van der Waals surface area (Å²) in [6, 6.07) is -0.326. The van der Waals surface area contributed by atoms with Crippen LogP contribution in [-0.2, 0) is 0 Å². The van der Waals surface area contributed by atoms with Gasteiger partial charge in [0.15, 0.2) is 0 Å². The fourth-order valence-electron chi connectivity index (χ4n) is 0.855. The summed E-state index contributed by atoms with van der Waals surface area (Å²) in [5.74, 6) is 0.549. The standard InChI is InChI=1S/C7H18N2O/c1-5(2)3-6(8)7(9)4-10/h5-7,10H,3-4,8-9H2,1-2H3. The molecule has 0 aliphatic rings. The van der Waals surface area contributed by atoms with E-state index in [2.05, 4.69) is 13.8 Å². The fraction of sp³-hybridized carbons (Fsp3) is 1.00. The highest BCUT2D eigenvalue weighted by Crippen LogP contribution is 2.04. The van der Waals surface area contributed by atoms with E-state index in [1.165, 1.54) is 0 Å². The third kappa shape index (κ3) is 3.82. The maximum absolute atomic E-state index is 8.61. The highest BCUT2D eigenvalue weighted by atomic mass is 16.3. The monoisotopic (exact) mass is 146 g/mol. The lowest BCUT2D eigenvalue weighted by molar-refractivity contribution is 0.240. The van der Waals surface area contributed by atoms with Crippen LogP contribution in [0.3, 0.4) is 0 Å². The first-order valence-electron chi connectivity index (χ1n) is 3.70. The molecule has 0 aromatic rings. The molecule has 0 aromatic heterocycles. The molecule has 2 unspecified atom stereocenters. The second-order valence-electron chi connectivity index (χ2n) is 3.14. The first kappa shape index (κ1) is 9.88. The first-order chi connectivity index (χ1) is 4.57. The Balaban J connectivity index is 3.50. The van der Waals surface area contributed by atoms with Gasteiger partial charge >= 0.3 is 0 Å². The van der Waals surface area contributed by atoms with Gasteiger partial charge in [0.1, 0.15) is 0 Å². The van der Waals surface area contributed by atoms with E-state index >= 15 is 0 Å². The zero-order valence-corrected chi connectivity index (χ0v) is 6.75. The molecule has 10 heavy (non-hydrogen) atoms. The molecule has 5 N–H and O–H groups in total. The van der Waals surface area contributed by atoms with E-state index in [4.69, 9.17) is 16.6 Å². The number of rotatable bonds is 4. The van der Waals surface area contributed by atoms with Crippen LogP contribution in [0, 0.1) is 5.92 Å². The predicted molar refractivity (Wildman–Crippen MR) is 42.5 cm³/mol. The maximum Gasteiger partial charge on any atom is 0.0597 e. The van der Waals surface area contributed by atoms with E-state index < -0.39 is 0 Å². The Kier molecular flexibility index (Phi) is 4.60. The number of hydrogen-bond donors (Lipinski definition) is 3. The van der Waals surface area contributed by atoms with E-state index in [-0.39, 0.29) is 18.7 Å². The van der Waals surface area contributed by atoms with Crippen LogP contribution in [0.4, 0.5) is 0 Å². The fourth-order valence-corrected chi connectivity index (χ4v) is 0.855. The average molecular weight is 146 g/mol. The van der Waals surface area contributed by atoms with E-state index in [9.17, 15) is 0 Å². The SMILES string of the molecule is CC(C)CC(N)C(N)CO. The Bertz CT molecular complexity index is 85.7. The normalized spacial score (nSPS) is 17.4. The molecule has 0 bridgehead atoms. The Labute approximate surface area is 62.4 Å². The Morgan fingerprint density at radius 2 is 1.70 bits per heavy atom. The highest BCUT2D eigenvalue weighted by molar-refractivity contribution is 4.75. The molecule has 0 aromatic carbocycles. The van der Waals surface area contributed by atoms with Gasteiger partial charge in [-0.15, -0.1) is 0 Å². The zero-order chi connectivity index (χ0) is 8.15. The minimum absolute atomic E-state index is 0.0200. The predicted octanol–water partition coefficient (Wildman–Crippen LogP) is -0.321. The highest BCUT2D eigenvalue weighted by Gasteiger charge is 2.12.